The highest BCUT2D eigenvalue weighted by molar-refractivity contribution is 5.31. The number of hydrogen-bond acceptors (Lipinski definition) is 2. The minimum absolute atomic E-state index is 0.0583. The van der Waals surface area contributed by atoms with E-state index in [4.69, 9.17) is 5.73 Å². The van der Waals surface area contributed by atoms with Gasteiger partial charge in [-0.2, -0.15) is 0 Å². The Labute approximate surface area is 122 Å². The fourth-order valence-corrected chi connectivity index (χ4v) is 2.40. The minimum Gasteiger partial charge on any atom is -0.323 e. The number of hydrogen-bond donors (Lipinski definition) is 1. The third-order valence-corrected chi connectivity index (χ3v) is 3.76. The van der Waals surface area contributed by atoms with Crippen LogP contribution in [-0.2, 0) is 6.54 Å². The molecule has 1 atom stereocenters. The number of benzene rings is 2. The molecule has 0 bridgehead atoms. The van der Waals surface area contributed by atoms with Gasteiger partial charge in [-0.05, 0) is 43.1 Å². The van der Waals surface area contributed by atoms with Crippen molar-refractivity contribution in [3.05, 3.63) is 70.8 Å². The van der Waals surface area contributed by atoms with Gasteiger partial charge in [0, 0.05) is 19.1 Å². The molecule has 0 aliphatic heterocycles. The quantitative estimate of drug-likeness (QED) is 0.900. The molecule has 106 valence electrons. The van der Waals surface area contributed by atoms with E-state index < -0.39 is 0 Å². The van der Waals surface area contributed by atoms with E-state index in [0.29, 0.717) is 0 Å². The van der Waals surface area contributed by atoms with Gasteiger partial charge in [-0.3, -0.25) is 0 Å². The van der Waals surface area contributed by atoms with Crippen molar-refractivity contribution in [1.82, 2.24) is 4.90 Å². The van der Waals surface area contributed by atoms with E-state index in [2.05, 4.69) is 68.3 Å². The third-order valence-electron chi connectivity index (χ3n) is 3.76. The van der Waals surface area contributed by atoms with Crippen molar-refractivity contribution in [1.29, 1.82) is 0 Å². The van der Waals surface area contributed by atoms with E-state index in [1.165, 1.54) is 22.3 Å². The van der Waals surface area contributed by atoms with E-state index >= 15 is 0 Å². The Morgan fingerprint density at radius 2 is 1.70 bits per heavy atom. The maximum Gasteiger partial charge on any atom is 0.0424 e. The Bertz CT molecular complexity index is 549. The first-order valence-corrected chi connectivity index (χ1v) is 7.11. The van der Waals surface area contributed by atoms with Crippen molar-refractivity contribution < 1.29 is 0 Å². The van der Waals surface area contributed by atoms with Crippen LogP contribution in [0.1, 0.15) is 28.3 Å². The van der Waals surface area contributed by atoms with Crippen LogP contribution in [0.4, 0.5) is 0 Å². The summed E-state index contributed by atoms with van der Waals surface area (Å²) in [6, 6.07) is 17.1. The number of rotatable bonds is 5. The molecule has 0 spiro atoms. The van der Waals surface area contributed by atoms with E-state index in [1.54, 1.807) is 0 Å². The Balaban J connectivity index is 1.96. The summed E-state index contributed by atoms with van der Waals surface area (Å²) in [5.41, 5.74) is 11.5. The summed E-state index contributed by atoms with van der Waals surface area (Å²) >= 11 is 0. The molecule has 2 heteroatoms. The molecule has 2 nitrogen and oxygen atoms in total. The van der Waals surface area contributed by atoms with Crippen LogP contribution in [0.25, 0.3) is 0 Å². The molecule has 0 fully saturated rings. The standard InChI is InChI=1S/C18H24N2/c1-14-9-10-17(11-15(14)2)18(19)13-20(3)12-16-7-5-4-6-8-16/h4-11,18H,12-13,19H2,1-3H3. The average molecular weight is 268 g/mol. The number of nitrogens with two attached hydrogens (primary N) is 1. The van der Waals surface area contributed by atoms with Crippen LogP contribution in [0.3, 0.4) is 0 Å². The maximum absolute atomic E-state index is 6.33. The number of likely N-dealkylation sites (N-methyl/N-ethyl adjacent to an activating group) is 1. The molecule has 2 aromatic carbocycles. The van der Waals surface area contributed by atoms with E-state index in [-0.39, 0.29) is 6.04 Å². The molecular formula is C18H24N2. The first kappa shape index (κ1) is 14.8. The van der Waals surface area contributed by atoms with Crippen molar-refractivity contribution >= 4 is 0 Å². The van der Waals surface area contributed by atoms with E-state index in [9.17, 15) is 0 Å². The molecular weight excluding hydrogens is 244 g/mol. The van der Waals surface area contributed by atoms with Gasteiger partial charge in [0.25, 0.3) is 0 Å². The minimum atomic E-state index is 0.0583. The fourth-order valence-electron chi connectivity index (χ4n) is 2.40. The van der Waals surface area contributed by atoms with Gasteiger partial charge in [-0.25, -0.2) is 0 Å². The molecule has 0 amide bonds. The summed E-state index contributed by atoms with van der Waals surface area (Å²) in [5.74, 6) is 0. The highest BCUT2D eigenvalue weighted by atomic mass is 15.1. The van der Waals surface area contributed by atoms with Gasteiger partial charge >= 0.3 is 0 Å². The second kappa shape index (κ2) is 6.69. The average Bonchev–Trinajstić information content (AvgIpc) is 2.42. The monoisotopic (exact) mass is 268 g/mol. The van der Waals surface area contributed by atoms with Crippen LogP contribution in [0.2, 0.25) is 0 Å². The highest BCUT2D eigenvalue weighted by Gasteiger charge is 2.10. The second-order valence-corrected chi connectivity index (χ2v) is 5.63. The largest absolute Gasteiger partial charge is 0.323 e. The summed E-state index contributed by atoms with van der Waals surface area (Å²) in [6.45, 7) is 6.06. The first-order chi connectivity index (χ1) is 9.56. The van der Waals surface area contributed by atoms with E-state index in [0.717, 1.165) is 13.1 Å². The fraction of sp³-hybridized carbons (Fsp3) is 0.333. The Kier molecular flexibility index (Phi) is 4.94. The summed E-state index contributed by atoms with van der Waals surface area (Å²) in [5, 5.41) is 0. The second-order valence-electron chi connectivity index (χ2n) is 5.63. The topological polar surface area (TPSA) is 29.3 Å². The Morgan fingerprint density at radius 1 is 1.00 bits per heavy atom. The molecule has 0 radical (unpaired) electrons. The summed E-state index contributed by atoms with van der Waals surface area (Å²) in [7, 11) is 2.12. The smallest absolute Gasteiger partial charge is 0.0424 e. The van der Waals surface area contributed by atoms with Crippen LogP contribution < -0.4 is 5.73 Å². The number of nitrogens with zero attached hydrogens (tertiary/aromatic N) is 1. The summed E-state index contributed by atoms with van der Waals surface area (Å²) in [6.07, 6.45) is 0. The lowest BCUT2D eigenvalue weighted by Crippen LogP contribution is -2.28. The van der Waals surface area contributed by atoms with Crippen molar-refractivity contribution in [2.24, 2.45) is 5.73 Å². The predicted octanol–water partition coefficient (Wildman–Crippen LogP) is 3.44. The zero-order valence-corrected chi connectivity index (χ0v) is 12.6. The van der Waals surface area contributed by atoms with Gasteiger partial charge < -0.3 is 10.6 Å². The summed E-state index contributed by atoms with van der Waals surface area (Å²) < 4.78 is 0. The van der Waals surface area contributed by atoms with Crippen LogP contribution in [0, 0.1) is 13.8 Å². The SMILES string of the molecule is Cc1ccc(C(N)CN(C)Cc2ccccc2)cc1C. The molecule has 2 aromatic rings. The molecule has 0 saturated carbocycles. The molecule has 0 aliphatic carbocycles. The predicted molar refractivity (Wildman–Crippen MR) is 85.6 cm³/mol. The van der Waals surface area contributed by atoms with Gasteiger partial charge in [0.2, 0.25) is 0 Å². The maximum atomic E-state index is 6.33. The van der Waals surface area contributed by atoms with Crippen LogP contribution in [-0.4, -0.2) is 18.5 Å². The normalized spacial score (nSPS) is 12.7. The molecule has 0 aliphatic rings. The molecule has 0 heterocycles. The third kappa shape index (κ3) is 3.92. The van der Waals surface area contributed by atoms with Crippen molar-refractivity contribution in [3.63, 3.8) is 0 Å². The number of aryl methyl sites for hydroxylation is 2. The van der Waals surface area contributed by atoms with Crippen LogP contribution >= 0.6 is 0 Å². The molecule has 1 unspecified atom stereocenters. The lowest BCUT2D eigenvalue weighted by molar-refractivity contribution is 0.305. The molecule has 0 aromatic heterocycles. The lowest BCUT2D eigenvalue weighted by atomic mass is 10.0. The Morgan fingerprint density at radius 3 is 2.35 bits per heavy atom. The van der Waals surface area contributed by atoms with Gasteiger partial charge in [0.1, 0.15) is 0 Å². The van der Waals surface area contributed by atoms with Crippen LogP contribution in [0.15, 0.2) is 48.5 Å². The molecule has 2 N–H and O–H groups in total. The van der Waals surface area contributed by atoms with Gasteiger partial charge in [0.15, 0.2) is 0 Å². The van der Waals surface area contributed by atoms with Crippen molar-refractivity contribution in [2.75, 3.05) is 13.6 Å². The molecule has 0 saturated heterocycles. The van der Waals surface area contributed by atoms with Gasteiger partial charge in [-0.1, -0.05) is 48.5 Å². The molecule has 2 rings (SSSR count). The lowest BCUT2D eigenvalue weighted by Gasteiger charge is -2.22. The van der Waals surface area contributed by atoms with Gasteiger partial charge in [0.05, 0.1) is 0 Å². The summed E-state index contributed by atoms with van der Waals surface area (Å²) in [4.78, 5) is 2.27. The van der Waals surface area contributed by atoms with Gasteiger partial charge in [-0.15, -0.1) is 0 Å². The van der Waals surface area contributed by atoms with Crippen LogP contribution in [0.5, 0.6) is 0 Å². The highest BCUT2D eigenvalue weighted by Crippen LogP contribution is 2.16. The van der Waals surface area contributed by atoms with E-state index in [1.807, 2.05) is 6.07 Å². The Hall–Kier alpha value is -1.64. The zero-order chi connectivity index (χ0) is 14.5. The first-order valence-electron chi connectivity index (χ1n) is 7.11. The zero-order valence-electron chi connectivity index (χ0n) is 12.6. The molecule has 20 heavy (non-hydrogen) atoms. The van der Waals surface area contributed by atoms with Crippen molar-refractivity contribution in [2.45, 2.75) is 26.4 Å². The van der Waals surface area contributed by atoms with Crippen molar-refractivity contribution in [3.8, 4) is 0 Å².